The summed E-state index contributed by atoms with van der Waals surface area (Å²) in [7, 11) is 0. The highest BCUT2D eigenvalue weighted by atomic mass is 79.9. The molecule has 2 aromatic carbocycles. The lowest BCUT2D eigenvalue weighted by atomic mass is 10.2. The van der Waals surface area contributed by atoms with Crippen LogP contribution in [0.1, 0.15) is 17.8 Å². The van der Waals surface area contributed by atoms with Crippen LogP contribution in [0.4, 0.5) is 14.5 Å². The number of benzene rings is 2. The molecule has 1 aromatic heterocycles. The minimum atomic E-state index is -0.602. The summed E-state index contributed by atoms with van der Waals surface area (Å²) in [6, 6.07) is 12.4. The summed E-state index contributed by atoms with van der Waals surface area (Å²) in [6.07, 6.45) is 0. The Balaban J connectivity index is 1.91. The Morgan fingerprint density at radius 1 is 1.10 bits per heavy atom. The molecule has 1 unspecified atom stereocenters. The summed E-state index contributed by atoms with van der Waals surface area (Å²) in [4.78, 5) is 1.04. The predicted octanol–water partition coefficient (Wildman–Crippen LogP) is 6.12. The molecular weight excluding hydrogens is 356 g/mol. The van der Waals surface area contributed by atoms with Crippen molar-refractivity contribution in [2.24, 2.45) is 0 Å². The molecule has 0 bridgehead atoms. The maximum Gasteiger partial charge on any atom is 0.150 e. The molecule has 0 aliphatic heterocycles. The van der Waals surface area contributed by atoms with Gasteiger partial charge in [-0.15, -0.1) is 11.3 Å². The van der Waals surface area contributed by atoms with Crippen LogP contribution >= 0.6 is 27.3 Å². The van der Waals surface area contributed by atoms with Crippen molar-refractivity contribution in [3.05, 3.63) is 63.4 Å². The lowest BCUT2D eigenvalue weighted by molar-refractivity contribution is 0.583. The third kappa shape index (κ3) is 2.94. The molecule has 3 rings (SSSR count). The van der Waals surface area contributed by atoms with Gasteiger partial charge in [-0.2, -0.15) is 0 Å². The Kier molecular flexibility index (Phi) is 3.95. The summed E-state index contributed by atoms with van der Waals surface area (Å²) in [6.45, 7) is 1.89. The zero-order valence-electron chi connectivity index (χ0n) is 11.2. The van der Waals surface area contributed by atoms with Gasteiger partial charge in [-0.25, -0.2) is 8.78 Å². The second kappa shape index (κ2) is 5.73. The molecule has 1 nitrogen and oxygen atoms in total. The molecule has 0 fully saturated rings. The second-order valence-electron chi connectivity index (χ2n) is 4.80. The summed E-state index contributed by atoms with van der Waals surface area (Å²) in [5.74, 6) is -1.20. The Hall–Kier alpha value is -1.46. The third-order valence-electron chi connectivity index (χ3n) is 3.24. The molecule has 0 saturated carbocycles. The second-order valence-corrected chi connectivity index (χ2v) is 6.83. The van der Waals surface area contributed by atoms with E-state index in [1.807, 2.05) is 37.3 Å². The Bertz CT molecular complexity index is 744. The normalized spacial score (nSPS) is 12.6. The van der Waals surface area contributed by atoms with Gasteiger partial charge in [-0.05, 0) is 36.6 Å². The molecule has 21 heavy (non-hydrogen) atoms. The van der Waals surface area contributed by atoms with Crippen LogP contribution in [0.5, 0.6) is 0 Å². The van der Waals surface area contributed by atoms with Crippen molar-refractivity contribution in [3.8, 4) is 0 Å². The number of nitrogens with one attached hydrogen (secondary N) is 1. The maximum absolute atomic E-state index is 13.9. The molecule has 5 heteroatoms. The molecule has 0 radical (unpaired) electrons. The van der Waals surface area contributed by atoms with E-state index in [9.17, 15) is 8.78 Å². The number of rotatable bonds is 3. The molecule has 3 aromatic rings. The Morgan fingerprint density at radius 2 is 1.76 bits per heavy atom. The number of anilines is 1. The van der Waals surface area contributed by atoms with Crippen molar-refractivity contribution in [3.63, 3.8) is 0 Å². The van der Waals surface area contributed by atoms with E-state index < -0.39 is 11.6 Å². The van der Waals surface area contributed by atoms with E-state index in [-0.39, 0.29) is 11.7 Å². The van der Waals surface area contributed by atoms with E-state index in [1.165, 1.54) is 12.1 Å². The average molecular weight is 368 g/mol. The molecule has 0 saturated heterocycles. The third-order valence-corrected chi connectivity index (χ3v) is 5.00. The monoisotopic (exact) mass is 367 g/mol. The van der Waals surface area contributed by atoms with Crippen molar-refractivity contribution >= 4 is 43.0 Å². The molecule has 0 aliphatic rings. The van der Waals surface area contributed by atoms with Gasteiger partial charge in [0.25, 0.3) is 0 Å². The van der Waals surface area contributed by atoms with Gasteiger partial charge in [0.2, 0.25) is 0 Å². The van der Waals surface area contributed by atoms with Crippen molar-refractivity contribution < 1.29 is 8.78 Å². The summed E-state index contributed by atoms with van der Waals surface area (Å²) < 4.78 is 29.3. The minimum Gasteiger partial charge on any atom is -0.373 e. The summed E-state index contributed by atoms with van der Waals surface area (Å²) in [5, 5.41) is 4.06. The average Bonchev–Trinajstić information content (AvgIpc) is 2.86. The first-order valence-corrected chi connectivity index (χ1v) is 8.05. The maximum atomic E-state index is 13.9. The molecule has 0 amide bonds. The van der Waals surface area contributed by atoms with Crippen LogP contribution < -0.4 is 5.32 Å². The predicted molar refractivity (Wildman–Crippen MR) is 87.9 cm³/mol. The van der Waals surface area contributed by atoms with Crippen molar-refractivity contribution in [1.29, 1.82) is 0 Å². The Labute approximate surface area is 133 Å². The van der Waals surface area contributed by atoms with E-state index in [1.54, 1.807) is 11.3 Å². The van der Waals surface area contributed by atoms with Crippen molar-refractivity contribution in [2.75, 3.05) is 5.32 Å². The summed E-state index contributed by atoms with van der Waals surface area (Å²) in [5.41, 5.74) is -0.0943. The van der Waals surface area contributed by atoms with Crippen LogP contribution in [-0.2, 0) is 0 Å². The van der Waals surface area contributed by atoms with E-state index in [4.69, 9.17) is 0 Å². The largest absolute Gasteiger partial charge is 0.373 e. The van der Waals surface area contributed by atoms with Gasteiger partial charge in [-0.3, -0.25) is 0 Å². The summed E-state index contributed by atoms with van der Waals surface area (Å²) >= 11 is 4.70. The fraction of sp³-hybridized carbons (Fsp3) is 0.125. The van der Waals surface area contributed by atoms with E-state index in [0.717, 1.165) is 15.0 Å². The molecule has 0 aliphatic carbocycles. The molecule has 1 atom stereocenters. The zero-order valence-corrected chi connectivity index (χ0v) is 13.6. The molecule has 1 heterocycles. The van der Waals surface area contributed by atoms with Crippen LogP contribution in [0.2, 0.25) is 0 Å². The van der Waals surface area contributed by atoms with Gasteiger partial charge in [0.15, 0.2) is 0 Å². The quantitative estimate of drug-likeness (QED) is 0.588. The topological polar surface area (TPSA) is 12.0 Å². The number of halogens is 3. The van der Waals surface area contributed by atoms with E-state index >= 15 is 0 Å². The van der Waals surface area contributed by atoms with Crippen LogP contribution in [0.25, 0.3) is 10.1 Å². The van der Waals surface area contributed by atoms with Crippen molar-refractivity contribution in [2.45, 2.75) is 13.0 Å². The molecular formula is C16H12BrF2NS. The molecule has 0 spiro atoms. The minimum absolute atomic E-state index is 0.0943. The van der Waals surface area contributed by atoms with Gasteiger partial charge in [0, 0.05) is 14.0 Å². The molecule has 108 valence electrons. The SMILES string of the molecule is CC(Nc1c(F)cc(Br)cc1F)c1cc2ccccc2s1. The smallest absolute Gasteiger partial charge is 0.150 e. The highest BCUT2D eigenvalue weighted by molar-refractivity contribution is 9.10. The van der Waals surface area contributed by atoms with Gasteiger partial charge >= 0.3 is 0 Å². The highest BCUT2D eigenvalue weighted by Gasteiger charge is 2.15. The lowest BCUT2D eigenvalue weighted by Crippen LogP contribution is -2.08. The number of hydrogen-bond donors (Lipinski definition) is 1. The fourth-order valence-electron chi connectivity index (χ4n) is 2.18. The standard InChI is InChI=1S/C16H12BrF2NS/c1-9(15-6-10-4-2-3-5-14(10)21-15)20-16-12(18)7-11(17)8-13(16)19/h2-9,20H,1H3. The van der Waals surface area contributed by atoms with Crippen LogP contribution in [0.15, 0.2) is 46.9 Å². The van der Waals surface area contributed by atoms with Crippen LogP contribution in [0.3, 0.4) is 0 Å². The number of hydrogen-bond acceptors (Lipinski definition) is 2. The van der Waals surface area contributed by atoms with Gasteiger partial charge in [0.1, 0.15) is 17.3 Å². The van der Waals surface area contributed by atoms with Crippen LogP contribution in [-0.4, -0.2) is 0 Å². The number of fused-ring (bicyclic) bond motifs is 1. The zero-order chi connectivity index (χ0) is 15.0. The van der Waals surface area contributed by atoms with Gasteiger partial charge < -0.3 is 5.32 Å². The first kappa shape index (κ1) is 14.5. The lowest BCUT2D eigenvalue weighted by Gasteiger charge is -2.15. The Morgan fingerprint density at radius 3 is 2.43 bits per heavy atom. The highest BCUT2D eigenvalue weighted by Crippen LogP contribution is 2.33. The van der Waals surface area contributed by atoms with Crippen molar-refractivity contribution in [1.82, 2.24) is 0 Å². The first-order valence-electron chi connectivity index (χ1n) is 6.44. The van der Waals surface area contributed by atoms with E-state index in [2.05, 4.69) is 21.2 Å². The fourth-order valence-corrected chi connectivity index (χ4v) is 3.65. The van der Waals surface area contributed by atoms with Gasteiger partial charge in [0.05, 0.1) is 6.04 Å². The number of thiophene rings is 1. The van der Waals surface area contributed by atoms with Gasteiger partial charge in [-0.1, -0.05) is 34.1 Å². The van der Waals surface area contributed by atoms with E-state index in [0.29, 0.717) is 4.47 Å². The molecule has 1 N–H and O–H groups in total. The van der Waals surface area contributed by atoms with Crippen LogP contribution in [0, 0.1) is 11.6 Å². The first-order chi connectivity index (χ1) is 10.0.